The number of unbranched alkanes of at least 4 members (excludes halogenated alkanes) is 1. The summed E-state index contributed by atoms with van der Waals surface area (Å²) in [5.74, 6) is 5.05. The van der Waals surface area contributed by atoms with Gasteiger partial charge in [0, 0.05) is 12.1 Å². The quantitative estimate of drug-likeness (QED) is 0.425. The van der Waals surface area contributed by atoms with Crippen LogP contribution in [0.1, 0.15) is 93.9 Å². The smallest absolute Gasteiger partial charge is 0.0215 e. The first-order valence-electron chi connectivity index (χ1n) is 10.8. The summed E-state index contributed by atoms with van der Waals surface area (Å²) in [5, 5.41) is 0. The Balaban J connectivity index is 2.41. The van der Waals surface area contributed by atoms with Crippen molar-refractivity contribution in [2.24, 2.45) is 35.5 Å². The molecule has 2 nitrogen and oxygen atoms in total. The molecular weight excluding hydrogens is 292 g/mol. The molecular formula is C22H46N2. The van der Waals surface area contributed by atoms with Crippen LogP contribution in [0.5, 0.6) is 0 Å². The highest BCUT2D eigenvalue weighted by atomic mass is 15.4. The molecule has 0 spiro atoms. The molecule has 5 atom stereocenters. The molecule has 2 heteroatoms. The van der Waals surface area contributed by atoms with Gasteiger partial charge in [-0.2, -0.15) is 0 Å². The fourth-order valence-electron chi connectivity index (χ4n) is 4.39. The third-order valence-electron chi connectivity index (χ3n) is 6.76. The minimum atomic E-state index is 0.533. The zero-order valence-electron chi connectivity index (χ0n) is 17.9. The maximum atomic E-state index is 3.66. The van der Waals surface area contributed by atoms with Crippen molar-refractivity contribution in [3.63, 3.8) is 0 Å². The first-order valence-corrected chi connectivity index (χ1v) is 10.8. The Morgan fingerprint density at radius 1 is 0.917 bits per heavy atom. The van der Waals surface area contributed by atoms with E-state index < -0.39 is 0 Å². The minimum Gasteiger partial charge on any atom is -0.255 e. The lowest BCUT2D eigenvalue weighted by Crippen LogP contribution is -2.50. The van der Waals surface area contributed by atoms with E-state index in [0.717, 1.165) is 35.5 Å². The van der Waals surface area contributed by atoms with Gasteiger partial charge in [0.25, 0.3) is 0 Å². The third kappa shape index (κ3) is 7.04. The van der Waals surface area contributed by atoms with Crippen molar-refractivity contribution < 1.29 is 0 Å². The van der Waals surface area contributed by atoms with Crippen molar-refractivity contribution in [1.82, 2.24) is 10.9 Å². The van der Waals surface area contributed by atoms with Crippen molar-refractivity contribution in [3.05, 3.63) is 0 Å². The summed E-state index contributed by atoms with van der Waals surface area (Å²) in [6.07, 6.45) is 8.24. The van der Waals surface area contributed by atoms with Gasteiger partial charge in [0.1, 0.15) is 0 Å². The summed E-state index contributed by atoms with van der Waals surface area (Å²) < 4.78 is 0. The van der Waals surface area contributed by atoms with E-state index in [4.69, 9.17) is 0 Å². The van der Waals surface area contributed by atoms with Gasteiger partial charge < -0.3 is 0 Å². The molecule has 1 aliphatic carbocycles. The van der Waals surface area contributed by atoms with Crippen LogP contribution in [0.2, 0.25) is 0 Å². The fourth-order valence-corrected chi connectivity index (χ4v) is 4.39. The van der Waals surface area contributed by atoms with Crippen LogP contribution in [0.3, 0.4) is 0 Å². The molecule has 0 aromatic rings. The lowest BCUT2D eigenvalue weighted by atomic mass is 9.66. The van der Waals surface area contributed by atoms with Gasteiger partial charge >= 0.3 is 0 Å². The van der Waals surface area contributed by atoms with E-state index in [1.54, 1.807) is 0 Å². The lowest BCUT2D eigenvalue weighted by molar-refractivity contribution is 0.107. The van der Waals surface area contributed by atoms with Crippen LogP contribution in [-0.4, -0.2) is 12.1 Å². The van der Waals surface area contributed by atoms with Crippen LogP contribution in [-0.2, 0) is 0 Å². The summed E-state index contributed by atoms with van der Waals surface area (Å²) in [6.45, 7) is 19.0. The number of hydrazine groups is 1. The molecule has 0 aromatic heterocycles. The largest absolute Gasteiger partial charge is 0.255 e. The molecule has 1 fully saturated rings. The Labute approximate surface area is 152 Å². The first-order chi connectivity index (χ1) is 11.3. The SMILES string of the molecule is CCCCC(C)C(C)NNC(C)C(CC(C)C1CC(C)C1)C(C)C. The van der Waals surface area contributed by atoms with Crippen molar-refractivity contribution in [2.75, 3.05) is 0 Å². The molecule has 1 saturated carbocycles. The lowest BCUT2D eigenvalue weighted by Gasteiger charge is -2.40. The van der Waals surface area contributed by atoms with Gasteiger partial charge in [-0.1, -0.05) is 54.4 Å². The highest BCUT2D eigenvalue weighted by Crippen LogP contribution is 2.41. The van der Waals surface area contributed by atoms with E-state index in [1.807, 2.05) is 0 Å². The molecule has 0 bridgehead atoms. The van der Waals surface area contributed by atoms with Crippen LogP contribution in [0, 0.1) is 35.5 Å². The molecule has 0 heterocycles. The van der Waals surface area contributed by atoms with E-state index in [9.17, 15) is 0 Å². The van der Waals surface area contributed by atoms with Crippen molar-refractivity contribution in [1.29, 1.82) is 0 Å². The van der Waals surface area contributed by atoms with Gasteiger partial charge in [-0.3, -0.25) is 10.9 Å². The Kier molecular flexibility index (Phi) is 9.89. The predicted octanol–water partition coefficient (Wildman–Crippen LogP) is 6.03. The van der Waals surface area contributed by atoms with E-state index in [1.165, 1.54) is 38.5 Å². The van der Waals surface area contributed by atoms with Gasteiger partial charge in [0.2, 0.25) is 0 Å². The number of hydrogen-bond acceptors (Lipinski definition) is 2. The van der Waals surface area contributed by atoms with E-state index in [2.05, 4.69) is 66.2 Å². The number of rotatable bonds is 12. The molecule has 0 aromatic carbocycles. The molecule has 0 radical (unpaired) electrons. The molecule has 5 unspecified atom stereocenters. The molecule has 1 rings (SSSR count). The Hall–Kier alpha value is -0.0800. The van der Waals surface area contributed by atoms with Crippen molar-refractivity contribution in [3.8, 4) is 0 Å². The summed E-state index contributed by atoms with van der Waals surface area (Å²) in [5.41, 5.74) is 7.27. The number of nitrogens with one attached hydrogen (secondary N) is 2. The molecule has 2 N–H and O–H groups in total. The van der Waals surface area contributed by atoms with Crippen LogP contribution in [0.25, 0.3) is 0 Å². The van der Waals surface area contributed by atoms with Gasteiger partial charge in [-0.15, -0.1) is 0 Å². The van der Waals surface area contributed by atoms with Gasteiger partial charge in [0.15, 0.2) is 0 Å². The zero-order chi connectivity index (χ0) is 18.3. The van der Waals surface area contributed by atoms with E-state index in [0.29, 0.717) is 12.1 Å². The minimum absolute atomic E-state index is 0.533. The molecule has 0 aliphatic heterocycles. The molecule has 24 heavy (non-hydrogen) atoms. The maximum absolute atomic E-state index is 3.66. The van der Waals surface area contributed by atoms with Crippen LogP contribution >= 0.6 is 0 Å². The molecule has 1 aliphatic rings. The maximum Gasteiger partial charge on any atom is 0.0215 e. The second-order valence-electron chi connectivity index (χ2n) is 9.44. The topological polar surface area (TPSA) is 24.1 Å². The summed E-state index contributed by atoms with van der Waals surface area (Å²) in [4.78, 5) is 0. The highest BCUT2D eigenvalue weighted by molar-refractivity contribution is 4.84. The highest BCUT2D eigenvalue weighted by Gasteiger charge is 2.33. The third-order valence-corrected chi connectivity index (χ3v) is 6.76. The Morgan fingerprint density at radius 2 is 1.50 bits per heavy atom. The molecule has 0 amide bonds. The van der Waals surface area contributed by atoms with Gasteiger partial charge in [-0.05, 0) is 75.0 Å². The van der Waals surface area contributed by atoms with Crippen LogP contribution in [0.4, 0.5) is 0 Å². The zero-order valence-corrected chi connectivity index (χ0v) is 17.9. The Morgan fingerprint density at radius 3 is 2.00 bits per heavy atom. The van der Waals surface area contributed by atoms with Crippen LogP contribution in [0.15, 0.2) is 0 Å². The summed E-state index contributed by atoms with van der Waals surface area (Å²) in [7, 11) is 0. The Bertz CT molecular complexity index is 322. The second kappa shape index (κ2) is 10.8. The summed E-state index contributed by atoms with van der Waals surface area (Å²) in [6, 6.07) is 1.07. The first kappa shape index (κ1) is 22.0. The van der Waals surface area contributed by atoms with E-state index >= 15 is 0 Å². The normalized spacial score (nSPS) is 27.4. The van der Waals surface area contributed by atoms with Gasteiger partial charge in [0.05, 0.1) is 0 Å². The second-order valence-corrected chi connectivity index (χ2v) is 9.44. The summed E-state index contributed by atoms with van der Waals surface area (Å²) >= 11 is 0. The molecule has 0 saturated heterocycles. The van der Waals surface area contributed by atoms with Crippen molar-refractivity contribution in [2.45, 2.75) is 106 Å². The standard InChI is InChI=1S/C22H46N2/c1-9-10-11-17(5)19(7)23-24-20(8)22(15(2)3)14-18(6)21-12-16(4)13-21/h15-24H,9-14H2,1-8H3. The van der Waals surface area contributed by atoms with E-state index in [-0.39, 0.29) is 0 Å². The molecule has 144 valence electrons. The van der Waals surface area contributed by atoms with Crippen LogP contribution < -0.4 is 10.9 Å². The van der Waals surface area contributed by atoms with Gasteiger partial charge in [-0.25, -0.2) is 0 Å². The average Bonchev–Trinajstić information content (AvgIpc) is 2.51. The number of hydrogen-bond donors (Lipinski definition) is 2. The average molecular weight is 339 g/mol. The van der Waals surface area contributed by atoms with Crippen molar-refractivity contribution >= 4 is 0 Å². The monoisotopic (exact) mass is 338 g/mol. The predicted molar refractivity (Wildman–Crippen MR) is 108 cm³/mol. The fraction of sp³-hybridized carbons (Fsp3) is 1.00.